The lowest BCUT2D eigenvalue weighted by molar-refractivity contribution is 0.0697. The van der Waals surface area contributed by atoms with Crippen LogP contribution in [0.2, 0.25) is 10.0 Å². The summed E-state index contributed by atoms with van der Waals surface area (Å²) in [6.07, 6.45) is 3.39. The third-order valence-corrected chi connectivity index (χ3v) is 5.90. The van der Waals surface area contributed by atoms with E-state index in [4.69, 9.17) is 23.2 Å². The van der Waals surface area contributed by atoms with Gasteiger partial charge in [0.1, 0.15) is 0 Å². The maximum Gasteiger partial charge on any atom is 0.166 e. The van der Waals surface area contributed by atoms with E-state index in [0.29, 0.717) is 27.6 Å². The minimum atomic E-state index is -0.124. The predicted molar refractivity (Wildman–Crippen MR) is 106 cm³/mol. The van der Waals surface area contributed by atoms with Crippen LogP contribution in [0.1, 0.15) is 53.3 Å². The van der Waals surface area contributed by atoms with Gasteiger partial charge in [-0.25, -0.2) is 0 Å². The average molecular weight is 389 g/mol. The van der Waals surface area contributed by atoms with E-state index in [1.807, 2.05) is 0 Å². The van der Waals surface area contributed by atoms with Crippen molar-refractivity contribution in [3.8, 4) is 0 Å². The predicted octanol–water partition coefficient (Wildman–Crippen LogP) is 6.50. The van der Waals surface area contributed by atoms with Crippen LogP contribution >= 0.6 is 23.2 Å². The lowest BCUT2D eigenvalue weighted by Crippen LogP contribution is -2.34. The van der Waals surface area contributed by atoms with Crippen LogP contribution in [0.5, 0.6) is 0 Å². The van der Waals surface area contributed by atoms with Crippen molar-refractivity contribution in [1.29, 1.82) is 0 Å². The number of carbonyl (C=O) groups is 2. The topological polar surface area (TPSA) is 34.1 Å². The lowest BCUT2D eigenvalue weighted by Gasteiger charge is -2.35. The molecule has 1 aliphatic carbocycles. The molecule has 1 saturated carbocycles. The molecule has 26 heavy (non-hydrogen) atoms. The second-order valence-electron chi connectivity index (χ2n) is 7.20. The summed E-state index contributed by atoms with van der Waals surface area (Å²) in [4.78, 5) is 25.8. The maximum atomic E-state index is 13.1. The summed E-state index contributed by atoms with van der Waals surface area (Å²) < 4.78 is 0. The van der Waals surface area contributed by atoms with Gasteiger partial charge < -0.3 is 0 Å². The molecule has 3 rings (SSSR count). The normalized spacial score (nSPS) is 22.8. The van der Waals surface area contributed by atoms with Crippen LogP contribution in [0.3, 0.4) is 0 Å². The molecule has 1 fully saturated rings. The van der Waals surface area contributed by atoms with E-state index in [2.05, 4.69) is 6.92 Å². The first kappa shape index (κ1) is 19.1. The number of carbonyl (C=O) groups excluding carboxylic acids is 2. The van der Waals surface area contributed by atoms with Crippen LogP contribution in [0.15, 0.2) is 48.5 Å². The van der Waals surface area contributed by atoms with Crippen LogP contribution < -0.4 is 0 Å². The summed E-state index contributed by atoms with van der Waals surface area (Å²) in [5, 5.41) is 1.23. The number of hydrogen-bond donors (Lipinski definition) is 0. The highest BCUT2D eigenvalue weighted by Crippen LogP contribution is 2.39. The maximum absolute atomic E-state index is 13.1. The van der Waals surface area contributed by atoms with Gasteiger partial charge in [-0.15, -0.1) is 0 Å². The fraction of sp³-hybridized carbons (Fsp3) is 0.364. The summed E-state index contributed by atoms with van der Waals surface area (Å²) >= 11 is 11.8. The molecule has 3 atom stereocenters. The molecule has 0 spiro atoms. The van der Waals surface area contributed by atoms with Crippen LogP contribution in [0, 0.1) is 17.8 Å². The number of benzene rings is 2. The summed E-state index contributed by atoms with van der Waals surface area (Å²) in [6.45, 7) is 2.12. The molecule has 4 heteroatoms. The zero-order valence-corrected chi connectivity index (χ0v) is 16.3. The molecule has 0 saturated heterocycles. The minimum absolute atomic E-state index is 0.0742. The van der Waals surface area contributed by atoms with Crippen molar-refractivity contribution in [3.05, 3.63) is 69.7 Å². The summed E-state index contributed by atoms with van der Waals surface area (Å²) in [5.41, 5.74) is 1.34. The average Bonchev–Trinajstić information content (AvgIpc) is 2.62. The molecule has 0 bridgehead atoms. The van der Waals surface area contributed by atoms with Gasteiger partial charge in [-0.2, -0.15) is 0 Å². The van der Waals surface area contributed by atoms with E-state index in [9.17, 15) is 9.59 Å². The Balaban J connectivity index is 1.79. The van der Waals surface area contributed by atoms with Crippen molar-refractivity contribution in [2.24, 2.45) is 17.8 Å². The number of hydrogen-bond acceptors (Lipinski definition) is 2. The molecule has 0 heterocycles. The lowest BCUT2D eigenvalue weighted by atomic mass is 9.68. The monoisotopic (exact) mass is 388 g/mol. The Morgan fingerprint density at radius 2 is 1.42 bits per heavy atom. The second kappa shape index (κ2) is 8.37. The van der Waals surface area contributed by atoms with E-state index < -0.39 is 0 Å². The Morgan fingerprint density at radius 1 is 0.885 bits per heavy atom. The van der Waals surface area contributed by atoms with E-state index in [0.717, 1.165) is 19.3 Å². The molecule has 2 aromatic carbocycles. The minimum Gasteiger partial charge on any atom is -0.294 e. The van der Waals surface area contributed by atoms with Crippen LogP contribution in [-0.4, -0.2) is 11.6 Å². The Hall–Kier alpha value is -1.64. The standard InChI is InChI=1S/C22H22Cl2O2/c1-14-3-2-4-17(13-20(25)15-5-9-18(23)10-6-15)21(14)22(26)16-7-11-19(24)12-8-16/h5-12,14,17,21H,2-4,13H2,1H3/t14-,17-,21+/m1/s1. The molecule has 0 unspecified atom stereocenters. The fourth-order valence-corrected chi connectivity index (χ4v) is 4.28. The van der Waals surface area contributed by atoms with Crippen LogP contribution in [0.25, 0.3) is 0 Å². The summed E-state index contributed by atoms with van der Waals surface area (Å²) in [7, 11) is 0. The Morgan fingerprint density at radius 3 is 2.00 bits per heavy atom. The van der Waals surface area contributed by atoms with Gasteiger partial charge in [0.15, 0.2) is 11.6 Å². The zero-order valence-electron chi connectivity index (χ0n) is 14.8. The number of Topliss-reactive ketones (excluding diaryl/α,β-unsaturated/α-hetero) is 2. The van der Waals surface area contributed by atoms with E-state index in [1.54, 1.807) is 48.5 Å². The molecule has 0 aromatic heterocycles. The van der Waals surface area contributed by atoms with E-state index in [1.165, 1.54) is 0 Å². The molecule has 2 nitrogen and oxygen atoms in total. The molecular weight excluding hydrogens is 367 g/mol. The van der Waals surface area contributed by atoms with E-state index >= 15 is 0 Å². The van der Waals surface area contributed by atoms with Crippen molar-refractivity contribution in [1.82, 2.24) is 0 Å². The highest BCUT2D eigenvalue weighted by atomic mass is 35.5. The van der Waals surface area contributed by atoms with Gasteiger partial charge in [-0.1, -0.05) is 36.5 Å². The Kier molecular flexibility index (Phi) is 6.16. The quantitative estimate of drug-likeness (QED) is 0.547. The van der Waals surface area contributed by atoms with Gasteiger partial charge in [0.2, 0.25) is 0 Å². The molecule has 0 radical (unpaired) electrons. The second-order valence-corrected chi connectivity index (χ2v) is 8.07. The van der Waals surface area contributed by atoms with Gasteiger partial charge >= 0.3 is 0 Å². The molecule has 0 amide bonds. The number of ketones is 2. The molecule has 2 aromatic rings. The molecule has 136 valence electrons. The van der Waals surface area contributed by atoms with Crippen LogP contribution in [0.4, 0.5) is 0 Å². The molecule has 1 aliphatic rings. The number of rotatable bonds is 5. The first-order valence-corrected chi connectivity index (χ1v) is 9.80. The zero-order chi connectivity index (χ0) is 18.7. The largest absolute Gasteiger partial charge is 0.294 e. The van der Waals surface area contributed by atoms with Crippen molar-refractivity contribution in [3.63, 3.8) is 0 Å². The van der Waals surface area contributed by atoms with Crippen molar-refractivity contribution >= 4 is 34.8 Å². The Bertz CT molecular complexity index is 781. The van der Waals surface area contributed by atoms with Crippen molar-refractivity contribution < 1.29 is 9.59 Å². The van der Waals surface area contributed by atoms with Gasteiger partial charge in [0, 0.05) is 33.5 Å². The first-order chi connectivity index (χ1) is 12.5. The van der Waals surface area contributed by atoms with Crippen LogP contribution in [-0.2, 0) is 0 Å². The highest BCUT2D eigenvalue weighted by Gasteiger charge is 2.37. The van der Waals surface area contributed by atoms with Crippen molar-refractivity contribution in [2.45, 2.75) is 32.6 Å². The fourth-order valence-electron chi connectivity index (χ4n) is 4.03. The highest BCUT2D eigenvalue weighted by molar-refractivity contribution is 6.31. The van der Waals surface area contributed by atoms with Gasteiger partial charge in [0.05, 0.1) is 0 Å². The van der Waals surface area contributed by atoms with Gasteiger partial charge in [-0.3, -0.25) is 9.59 Å². The van der Waals surface area contributed by atoms with Gasteiger partial charge in [0.25, 0.3) is 0 Å². The smallest absolute Gasteiger partial charge is 0.166 e. The summed E-state index contributed by atoms with van der Waals surface area (Å²) in [5.74, 6) is 0.429. The molecule has 0 aliphatic heterocycles. The third-order valence-electron chi connectivity index (χ3n) is 5.40. The van der Waals surface area contributed by atoms with Gasteiger partial charge in [-0.05, 0) is 73.2 Å². The molecular formula is C22H22Cl2O2. The summed E-state index contributed by atoms with van der Waals surface area (Å²) in [6, 6.07) is 14.0. The third kappa shape index (κ3) is 4.36. The molecule has 0 N–H and O–H groups in total. The first-order valence-electron chi connectivity index (χ1n) is 9.04. The number of halogens is 2. The van der Waals surface area contributed by atoms with E-state index in [-0.39, 0.29) is 29.3 Å². The SMILES string of the molecule is C[C@@H]1CCC[C@H](CC(=O)c2ccc(Cl)cc2)[C@H]1C(=O)c1ccc(Cl)cc1. The van der Waals surface area contributed by atoms with Crippen molar-refractivity contribution in [2.75, 3.05) is 0 Å². The Labute approximate surface area is 164 Å².